The Morgan fingerprint density at radius 1 is 0.519 bits per heavy atom. The predicted octanol–water partition coefficient (Wildman–Crippen LogP) is 14.7. The first-order valence-electron chi connectivity index (χ1n) is 31.0. The summed E-state index contributed by atoms with van der Waals surface area (Å²) >= 11 is 0. The molecule has 6 N–H and O–H groups in total. The van der Waals surface area contributed by atoms with Crippen LogP contribution in [-0.4, -0.2) is 99.6 Å². The number of amides is 1. The molecular weight excluding hydrogens is 967 g/mol. The quantitative estimate of drug-likeness (QED) is 0.0195. The van der Waals surface area contributed by atoms with Crippen molar-refractivity contribution in [1.82, 2.24) is 5.32 Å². The number of aliphatic hydroxyl groups excluding tert-OH is 5. The van der Waals surface area contributed by atoms with E-state index >= 15 is 0 Å². The Balaban J connectivity index is 2.73. The molecule has 77 heavy (non-hydrogen) atoms. The molecule has 11 heteroatoms. The summed E-state index contributed by atoms with van der Waals surface area (Å²) in [4.78, 5) is 26.5. The lowest BCUT2D eigenvalue weighted by Gasteiger charge is -2.41. The largest absolute Gasteiger partial charge is 0.454 e. The molecule has 0 radical (unpaired) electrons. The number of aliphatic hydroxyl groups is 5. The van der Waals surface area contributed by atoms with Crippen LogP contribution in [0.3, 0.4) is 0 Å². The van der Waals surface area contributed by atoms with Crippen LogP contribution >= 0.6 is 0 Å². The zero-order valence-corrected chi connectivity index (χ0v) is 48.8. The lowest BCUT2D eigenvalue weighted by Crippen LogP contribution is -2.61. The number of carbonyl (C=O) groups is 2. The Labute approximate surface area is 469 Å². The van der Waals surface area contributed by atoms with Gasteiger partial charge in [-0.25, -0.2) is 0 Å². The van der Waals surface area contributed by atoms with Gasteiger partial charge in [-0.3, -0.25) is 9.59 Å². The molecule has 1 amide bonds. The van der Waals surface area contributed by atoms with Gasteiger partial charge in [0.1, 0.15) is 24.4 Å². The molecule has 1 rings (SSSR count). The molecule has 11 nitrogen and oxygen atoms in total. The molecule has 8 unspecified atom stereocenters. The van der Waals surface area contributed by atoms with Gasteiger partial charge in [-0.05, 0) is 103 Å². The number of unbranched alkanes of at least 4 members (excludes halogenated alkanes) is 23. The molecule has 1 heterocycles. The van der Waals surface area contributed by atoms with Gasteiger partial charge < -0.3 is 45.1 Å². The Morgan fingerprint density at radius 3 is 1.43 bits per heavy atom. The third-order valence-corrected chi connectivity index (χ3v) is 14.0. The Kier molecular flexibility index (Phi) is 49.5. The minimum Gasteiger partial charge on any atom is -0.454 e. The number of esters is 1. The third-order valence-electron chi connectivity index (χ3n) is 14.0. The number of rotatable bonds is 51. The van der Waals surface area contributed by atoms with E-state index in [-0.39, 0.29) is 19.4 Å². The fraction of sp³-hybridized carbons (Fsp3) is 0.727. The highest BCUT2D eigenvalue weighted by Crippen LogP contribution is 2.26. The van der Waals surface area contributed by atoms with Crippen molar-refractivity contribution in [1.29, 1.82) is 0 Å². The molecular formula is C66H113NO10. The first kappa shape index (κ1) is 71.6. The summed E-state index contributed by atoms with van der Waals surface area (Å²) in [6.07, 6.45) is 60.0. The maximum Gasteiger partial charge on any atom is 0.306 e. The second kappa shape index (κ2) is 53.2. The average molecular weight is 1080 g/mol. The standard InChI is InChI=1S/C66H113NO10/c1-4-7-10-13-16-19-22-25-27-29-30-31-33-36-39-42-45-48-51-54-61(71)77-64-63(73)62(72)60(55-68)76-66(64)75-56-57(58(69)52-49-46-43-40-37-34-24-21-18-15-12-9-6-3)67-65(74)59(70)53-50-47-44-41-38-35-32-28-26-23-20-17-14-11-8-5-2/h7,10,16-17,19-20,25-28,30-31,36,39,49,52,57-60,62-64,66,68-70,72-73H,4-6,8-9,11-15,18,21-24,29,32-35,37-38,40-48,50-51,53-56H2,1-3H3,(H,67,74)/b10-7-,19-16-,20-17-,27-25-,28-26-,31-30-,39-36-,52-49+. The van der Waals surface area contributed by atoms with E-state index in [1.807, 2.05) is 6.08 Å². The molecule has 0 aromatic heterocycles. The Hall–Kier alpha value is -3.42. The van der Waals surface area contributed by atoms with Gasteiger partial charge in [0.05, 0.1) is 25.4 Å². The highest BCUT2D eigenvalue weighted by Gasteiger charge is 2.47. The molecule has 1 saturated heterocycles. The summed E-state index contributed by atoms with van der Waals surface area (Å²) in [6, 6.07) is -1.04. The van der Waals surface area contributed by atoms with E-state index in [0.717, 1.165) is 116 Å². The van der Waals surface area contributed by atoms with Gasteiger partial charge >= 0.3 is 5.97 Å². The molecule has 0 spiro atoms. The van der Waals surface area contributed by atoms with Gasteiger partial charge in [-0.15, -0.1) is 0 Å². The normalized spacial score (nSPS) is 19.7. The zero-order chi connectivity index (χ0) is 56.1. The molecule has 1 aliphatic rings. The smallest absolute Gasteiger partial charge is 0.306 e. The number of allylic oxidation sites excluding steroid dienone is 15. The molecule has 1 aliphatic heterocycles. The van der Waals surface area contributed by atoms with Crippen LogP contribution in [0.2, 0.25) is 0 Å². The molecule has 0 aromatic carbocycles. The van der Waals surface area contributed by atoms with Gasteiger partial charge in [0.15, 0.2) is 12.4 Å². The topological polar surface area (TPSA) is 175 Å². The number of nitrogens with one attached hydrogen (secondary N) is 1. The Morgan fingerprint density at radius 2 is 0.935 bits per heavy atom. The van der Waals surface area contributed by atoms with E-state index in [4.69, 9.17) is 14.2 Å². The fourth-order valence-electron chi connectivity index (χ4n) is 9.06. The first-order valence-corrected chi connectivity index (χ1v) is 31.0. The lowest BCUT2D eigenvalue weighted by molar-refractivity contribution is -0.305. The van der Waals surface area contributed by atoms with E-state index in [1.54, 1.807) is 6.08 Å². The molecule has 1 fully saturated rings. The van der Waals surface area contributed by atoms with Crippen LogP contribution in [0.4, 0.5) is 0 Å². The highest BCUT2D eigenvalue weighted by atomic mass is 16.7. The maximum atomic E-state index is 13.4. The van der Waals surface area contributed by atoms with Crippen LogP contribution in [0.1, 0.15) is 245 Å². The summed E-state index contributed by atoms with van der Waals surface area (Å²) < 4.78 is 17.6. The van der Waals surface area contributed by atoms with Crippen molar-refractivity contribution < 1.29 is 49.3 Å². The van der Waals surface area contributed by atoms with E-state index in [0.29, 0.717) is 12.8 Å². The number of carbonyl (C=O) groups excluding carboxylic acids is 2. The summed E-state index contributed by atoms with van der Waals surface area (Å²) in [5.41, 5.74) is 0. The van der Waals surface area contributed by atoms with E-state index in [2.05, 4.69) is 111 Å². The predicted molar refractivity (Wildman–Crippen MR) is 319 cm³/mol. The minimum absolute atomic E-state index is 0.0789. The second-order valence-corrected chi connectivity index (χ2v) is 21.0. The first-order chi connectivity index (χ1) is 37.7. The highest BCUT2D eigenvalue weighted by molar-refractivity contribution is 5.80. The van der Waals surface area contributed by atoms with Gasteiger partial charge in [0.2, 0.25) is 5.91 Å². The monoisotopic (exact) mass is 1080 g/mol. The number of hydrogen-bond donors (Lipinski definition) is 6. The Bertz CT molecular complexity index is 1620. The fourth-order valence-corrected chi connectivity index (χ4v) is 9.06. The van der Waals surface area contributed by atoms with E-state index in [9.17, 15) is 35.1 Å². The average Bonchev–Trinajstić information content (AvgIpc) is 3.43. The zero-order valence-electron chi connectivity index (χ0n) is 48.8. The second-order valence-electron chi connectivity index (χ2n) is 21.0. The molecule has 0 aliphatic carbocycles. The van der Waals surface area contributed by atoms with Gasteiger partial charge in [0.25, 0.3) is 0 Å². The lowest BCUT2D eigenvalue weighted by atomic mass is 9.99. The van der Waals surface area contributed by atoms with E-state index < -0.39 is 67.4 Å². The van der Waals surface area contributed by atoms with Crippen molar-refractivity contribution in [2.24, 2.45) is 0 Å². The van der Waals surface area contributed by atoms with Crippen LogP contribution in [0.5, 0.6) is 0 Å². The van der Waals surface area contributed by atoms with Gasteiger partial charge in [0, 0.05) is 6.42 Å². The molecule has 442 valence electrons. The molecule has 0 saturated carbocycles. The van der Waals surface area contributed by atoms with Crippen LogP contribution < -0.4 is 5.32 Å². The minimum atomic E-state index is -1.63. The van der Waals surface area contributed by atoms with Crippen LogP contribution in [0, 0.1) is 0 Å². The van der Waals surface area contributed by atoms with Gasteiger partial charge in [-0.1, -0.05) is 234 Å². The SMILES string of the molecule is CC/C=C\C/C=C\C/C=C\C/C=C\C/C=C\CCCCCC(=O)OC1C(OCC(NC(=O)C(O)CCCCCCCC/C=C\C/C=C\CCCCC)C(O)/C=C/CCCCCCCCCCCCC)OC(CO)C(O)C1O. The van der Waals surface area contributed by atoms with Crippen molar-refractivity contribution >= 4 is 11.9 Å². The van der Waals surface area contributed by atoms with Crippen molar-refractivity contribution in [2.45, 2.75) is 294 Å². The number of ether oxygens (including phenoxy) is 3. The van der Waals surface area contributed by atoms with Crippen LogP contribution in [0.25, 0.3) is 0 Å². The maximum absolute atomic E-state index is 13.4. The van der Waals surface area contributed by atoms with Crippen molar-refractivity contribution in [3.05, 3.63) is 97.2 Å². The number of hydrogen-bond acceptors (Lipinski definition) is 10. The van der Waals surface area contributed by atoms with Crippen LogP contribution in [0.15, 0.2) is 97.2 Å². The summed E-state index contributed by atoms with van der Waals surface area (Å²) in [6.45, 7) is 5.62. The van der Waals surface area contributed by atoms with Crippen molar-refractivity contribution in [2.75, 3.05) is 13.2 Å². The van der Waals surface area contributed by atoms with Crippen molar-refractivity contribution in [3.63, 3.8) is 0 Å². The van der Waals surface area contributed by atoms with Crippen molar-refractivity contribution in [3.8, 4) is 0 Å². The molecule has 0 bridgehead atoms. The van der Waals surface area contributed by atoms with E-state index in [1.165, 1.54) is 83.5 Å². The molecule has 0 aromatic rings. The molecule has 8 atom stereocenters. The van der Waals surface area contributed by atoms with Crippen LogP contribution in [-0.2, 0) is 23.8 Å². The summed E-state index contributed by atoms with van der Waals surface area (Å²) in [7, 11) is 0. The third kappa shape index (κ3) is 41.3. The summed E-state index contributed by atoms with van der Waals surface area (Å²) in [5, 5.41) is 57.0. The van der Waals surface area contributed by atoms with Gasteiger partial charge in [-0.2, -0.15) is 0 Å². The summed E-state index contributed by atoms with van der Waals surface area (Å²) in [5.74, 6) is -1.24.